The van der Waals surface area contributed by atoms with Gasteiger partial charge in [0, 0.05) is 42.9 Å². The number of fused-ring (bicyclic) bond motifs is 3. The first kappa shape index (κ1) is 32.3. The minimum atomic E-state index is -2.46. The van der Waals surface area contributed by atoms with Gasteiger partial charge in [-0.3, -0.25) is 14.4 Å². The molecule has 0 aromatic heterocycles. The predicted octanol–water partition coefficient (Wildman–Crippen LogP) is 8.84. The molecule has 0 bridgehead atoms. The van der Waals surface area contributed by atoms with Gasteiger partial charge in [0.05, 0.1) is 12.7 Å². The minimum Gasteiger partial charge on any atom is -0.339 e. The van der Waals surface area contributed by atoms with E-state index in [-0.39, 0.29) is 29.0 Å². The van der Waals surface area contributed by atoms with Crippen LogP contribution >= 0.6 is 8.03 Å². The summed E-state index contributed by atoms with van der Waals surface area (Å²) in [6.07, 6.45) is 1.21. The highest BCUT2D eigenvalue weighted by Crippen LogP contribution is 2.46. The topological polar surface area (TPSA) is 84.0 Å². The Morgan fingerprint density at radius 1 is 0.714 bits per heavy atom. The summed E-state index contributed by atoms with van der Waals surface area (Å²) in [5.41, 5.74) is 0.586. The first-order valence-corrected chi connectivity index (χ1v) is 17.7. The SMILES string of the molecule is CO[P+](=O)C(C(=O)c1cc2ccccc2cc1C(=O)N(C)C1CCN(C(=O)c2ccc3ccccc3c2)CC1)c1cccc2ccccc12. The maximum Gasteiger partial charge on any atom is 0.524 e. The highest BCUT2D eigenvalue weighted by Gasteiger charge is 2.43. The van der Waals surface area contributed by atoms with Gasteiger partial charge in [-0.25, -0.2) is 0 Å². The normalized spacial score (nSPS) is 14.6. The van der Waals surface area contributed by atoms with Crippen LogP contribution in [-0.4, -0.2) is 60.7 Å². The number of ketones is 1. The molecule has 6 aromatic carbocycles. The Labute approximate surface area is 286 Å². The number of carbonyl (C=O) groups excluding carboxylic acids is 3. The Balaban J connectivity index is 1.17. The van der Waals surface area contributed by atoms with Gasteiger partial charge in [0.25, 0.3) is 17.5 Å². The number of benzene rings is 6. The van der Waals surface area contributed by atoms with E-state index in [9.17, 15) is 18.9 Å². The fourth-order valence-corrected chi connectivity index (χ4v) is 8.02. The van der Waals surface area contributed by atoms with Crippen LogP contribution in [0, 0.1) is 0 Å². The Hall–Kier alpha value is -5.23. The summed E-state index contributed by atoms with van der Waals surface area (Å²) in [4.78, 5) is 46.0. The Kier molecular flexibility index (Phi) is 9.05. The number of nitrogens with zero attached hydrogens (tertiary/aromatic N) is 2. The van der Waals surface area contributed by atoms with Crippen molar-refractivity contribution in [2.75, 3.05) is 27.2 Å². The molecule has 1 heterocycles. The van der Waals surface area contributed by atoms with Gasteiger partial charge in [-0.1, -0.05) is 97.1 Å². The lowest BCUT2D eigenvalue weighted by Gasteiger charge is -2.37. The Bertz CT molecular complexity index is 2250. The van der Waals surface area contributed by atoms with Crippen molar-refractivity contribution in [2.45, 2.75) is 24.5 Å². The van der Waals surface area contributed by atoms with Crippen LogP contribution in [0.15, 0.2) is 121 Å². The van der Waals surface area contributed by atoms with Crippen molar-refractivity contribution >= 4 is 57.9 Å². The van der Waals surface area contributed by atoms with E-state index in [4.69, 9.17) is 4.52 Å². The van der Waals surface area contributed by atoms with E-state index in [1.165, 1.54) is 7.11 Å². The number of piperidine rings is 1. The Morgan fingerprint density at radius 2 is 1.29 bits per heavy atom. The molecule has 49 heavy (non-hydrogen) atoms. The fourth-order valence-electron chi connectivity index (χ4n) is 7.03. The van der Waals surface area contributed by atoms with Gasteiger partial charge in [0.1, 0.15) is 0 Å². The third-order valence-corrected chi connectivity index (χ3v) is 11.0. The smallest absolute Gasteiger partial charge is 0.339 e. The molecule has 2 atom stereocenters. The summed E-state index contributed by atoms with van der Waals surface area (Å²) in [5.74, 6) is -0.748. The van der Waals surface area contributed by atoms with Gasteiger partial charge in [-0.15, -0.1) is 4.52 Å². The van der Waals surface area contributed by atoms with Crippen LogP contribution < -0.4 is 0 Å². The number of hydrogen-bond acceptors (Lipinski definition) is 5. The van der Waals surface area contributed by atoms with E-state index in [0.29, 0.717) is 37.1 Å². The molecule has 0 radical (unpaired) electrons. The van der Waals surface area contributed by atoms with E-state index in [0.717, 1.165) is 32.3 Å². The van der Waals surface area contributed by atoms with Crippen LogP contribution in [0.25, 0.3) is 32.3 Å². The van der Waals surface area contributed by atoms with Crippen molar-refractivity contribution in [2.24, 2.45) is 0 Å². The molecule has 0 saturated carbocycles. The molecule has 0 N–H and O–H groups in total. The zero-order valence-corrected chi connectivity index (χ0v) is 28.3. The van der Waals surface area contributed by atoms with Gasteiger partial charge in [-0.05, 0) is 74.0 Å². The lowest BCUT2D eigenvalue weighted by atomic mass is 9.91. The molecule has 6 aromatic rings. The fraction of sp³-hybridized carbons (Fsp3) is 0.195. The van der Waals surface area contributed by atoms with Crippen molar-refractivity contribution in [3.8, 4) is 0 Å². The molecule has 1 aliphatic heterocycles. The first-order chi connectivity index (χ1) is 23.8. The molecule has 7 nitrogen and oxygen atoms in total. The van der Waals surface area contributed by atoms with E-state index in [2.05, 4.69) is 0 Å². The van der Waals surface area contributed by atoms with Crippen LogP contribution in [0.3, 0.4) is 0 Å². The molecule has 2 unspecified atom stereocenters. The first-order valence-electron chi connectivity index (χ1n) is 16.4. The second-order valence-corrected chi connectivity index (χ2v) is 14.0. The predicted molar refractivity (Wildman–Crippen MR) is 195 cm³/mol. The highest BCUT2D eigenvalue weighted by atomic mass is 31.1. The summed E-state index contributed by atoms with van der Waals surface area (Å²) < 4.78 is 18.9. The number of likely N-dealkylation sites (tertiary alicyclic amines) is 1. The zero-order chi connectivity index (χ0) is 34.1. The largest absolute Gasteiger partial charge is 0.524 e. The summed E-state index contributed by atoms with van der Waals surface area (Å²) in [6, 6.07) is 37.9. The highest BCUT2D eigenvalue weighted by molar-refractivity contribution is 7.41. The molecule has 1 aliphatic rings. The van der Waals surface area contributed by atoms with Crippen LogP contribution in [0.1, 0.15) is 55.1 Å². The average molecular weight is 668 g/mol. The third kappa shape index (κ3) is 6.24. The van der Waals surface area contributed by atoms with E-state index in [1.54, 1.807) is 30.1 Å². The molecular formula is C41H36N2O5P+. The van der Waals surface area contributed by atoms with Crippen molar-refractivity contribution in [1.82, 2.24) is 9.80 Å². The van der Waals surface area contributed by atoms with E-state index >= 15 is 0 Å². The number of Topliss-reactive ketones (excluding diaryl/α,β-unsaturated/α-hetero) is 1. The van der Waals surface area contributed by atoms with Crippen molar-refractivity contribution in [3.05, 3.63) is 144 Å². The van der Waals surface area contributed by atoms with Crippen LogP contribution in [0.5, 0.6) is 0 Å². The van der Waals surface area contributed by atoms with Crippen LogP contribution in [0.2, 0.25) is 0 Å². The molecule has 0 aliphatic carbocycles. The van der Waals surface area contributed by atoms with Crippen molar-refractivity contribution < 1.29 is 23.5 Å². The number of hydrogen-bond donors (Lipinski definition) is 0. The molecule has 1 fully saturated rings. The standard InChI is InChI=1S/C41H36N2O5P/c1-42(33-20-22-43(23-21-33)40(45)32-19-18-27-10-3-4-12-29(27)24-32)41(46)37-26-31-14-6-5-13-30(31)25-36(37)38(44)39(49(47)48-2)35-17-9-15-28-11-7-8-16-34(28)35/h3-19,24-26,33,39H,20-23H2,1-2H3/q+1. The summed E-state index contributed by atoms with van der Waals surface area (Å²) in [5, 5.41) is 5.45. The van der Waals surface area contributed by atoms with E-state index < -0.39 is 19.5 Å². The monoisotopic (exact) mass is 667 g/mol. The second kappa shape index (κ2) is 13.7. The van der Waals surface area contributed by atoms with E-state index in [1.807, 2.05) is 108 Å². The van der Waals surface area contributed by atoms with Crippen LogP contribution in [0.4, 0.5) is 0 Å². The lowest BCUT2D eigenvalue weighted by molar-refractivity contribution is 0.0567. The average Bonchev–Trinajstić information content (AvgIpc) is 3.16. The lowest BCUT2D eigenvalue weighted by Crippen LogP contribution is -2.47. The van der Waals surface area contributed by atoms with Gasteiger partial charge >= 0.3 is 8.03 Å². The van der Waals surface area contributed by atoms with Gasteiger partial charge < -0.3 is 9.80 Å². The third-order valence-electron chi connectivity index (χ3n) is 9.75. The molecular weight excluding hydrogens is 631 g/mol. The molecule has 8 heteroatoms. The zero-order valence-electron chi connectivity index (χ0n) is 27.4. The van der Waals surface area contributed by atoms with Gasteiger partial charge in [0.2, 0.25) is 5.78 Å². The summed E-state index contributed by atoms with van der Waals surface area (Å²) >= 11 is 0. The summed E-state index contributed by atoms with van der Waals surface area (Å²) in [6.45, 7) is 1.02. The van der Waals surface area contributed by atoms with Gasteiger partial charge in [0.15, 0.2) is 0 Å². The number of carbonyl (C=O) groups is 3. The quantitative estimate of drug-likeness (QED) is 0.120. The molecule has 7 rings (SSSR count). The van der Waals surface area contributed by atoms with Gasteiger partial charge in [-0.2, -0.15) is 0 Å². The Morgan fingerprint density at radius 3 is 1.96 bits per heavy atom. The molecule has 0 spiro atoms. The van der Waals surface area contributed by atoms with Crippen molar-refractivity contribution in [3.63, 3.8) is 0 Å². The molecule has 244 valence electrons. The summed E-state index contributed by atoms with van der Waals surface area (Å²) in [7, 11) is 0.635. The number of rotatable bonds is 8. The van der Waals surface area contributed by atoms with Crippen molar-refractivity contribution in [1.29, 1.82) is 0 Å². The molecule has 2 amide bonds. The second-order valence-electron chi connectivity index (χ2n) is 12.5. The number of amides is 2. The minimum absolute atomic E-state index is 0.0210. The molecule has 1 saturated heterocycles. The van der Waals surface area contributed by atoms with Crippen LogP contribution in [-0.2, 0) is 9.09 Å². The maximum absolute atomic E-state index is 14.6. The maximum atomic E-state index is 14.6.